The Morgan fingerprint density at radius 2 is 0.583 bits per heavy atom. The minimum atomic E-state index is -0.572. The number of rotatable bonds is 24. The molecule has 20 heteroatoms. The first-order valence-corrected chi connectivity index (χ1v) is 13.3. The molecule has 0 aromatic carbocycles. The van der Waals surface area contributed by atoms with E-state index in [0.29, 0.717) is 65.0 Å². The number of hydrogen-bond acceptors (Lipinski definition) is 14. The standard InChI is InChI=1S/2C9H18O4.2C5H11O3.6Rf/c2*1-12-7-9(3-5-10,4-6-11)8-13-2;2*1-8-4-5(7)2-3-6;;;;;;/h2*10-11H,1-8H2;2*5-7H,1-4H2;;;;;;/q2*-2;2*-1;;;;;;. The molecular weight excluding hydrogens is 2160 g/mol. The molecule has 0 saturated heterocycles. The van der Waals surface area contributed by atoms with Crippen LogP contribution in [0.15, 0.2) is 0 Å². The summed E-state index contributed by atoms with van der Waals surface area (Å²) in [4.78, 5) is 0. The maximum atomic E-state index is 8.85. The average molecular weight is 2220 g/mol. The Morgan fingerprint density at radius 1 is 0.375 bits per heavy atom. The summed E-state index contributed by atoms with van der Waals surface area (Å²) in [6.07, 6.45) is 1.62. The van der Waals surface area contributed by atoms with Crippen LogP contribution in [0.3, 0.4) is 0 Å². The normalized spacial score (nSPS) is 11.1. The fourth-order valence-electron chi connectivity index (χ4n) is 3.46. The van der Waals surface area contributed by atoms with Crippen molar-refractivity contribution in [3.8, 4) is 0 Å². The number of aliphatic hydroxyl groups excluding tert-OH is 8. The molecule has 0 aromatic heterocycles. The summed E-state index contributed by atoms with van der Waals surface area (Å²) >= 11 is 0. The minimum Gasteiger partial charge on any atom is -0.555 e. The van der Waals surface area contributed by atoms with Crippen LogP contribution < -0.4 is 0 Å². The van der Waals surface area contributed by atoms with Crippen molar-refractivity contribution in [2.45, 2.75) is 50.7 Å². The Labute approximate surface area is 253 Å². The van der Waals surface area contributed by atoms with Crippen molar-refractivity contribution in [1.82, 2.24) is 0 Å². The van der Waals surface area contributed by atoms with Gasteiger partial charge in [0.15, 0.2) is 0 Å². The van der Waals surface area contributed by atoms with Gasteiger partial charge >= 0.3 is 0 Å². The molecule has 8 N–H and O–H groups in total. The van der Waals surface area contributed by atoms with E-state index in [0.717, 1.165) is 0 Å². The molecule has 0 bridgehead atoms. The van der Waals surface area contributed by atoms with Crippen molar-refractivity contribution in [3.05, 3.63) is 42.7 Å². The summed E-state index contributed by atoms with van der Waals surface area (Å²) in [7, 11) is 19.2. The first-order valence-electron chi connectivity index (χ1n) is 13.3. The third-order valence-corrected chi connectivity index (χ3v) is 5.75. The molecule has 2 atom stereocenters. The Bertz CT molecular complexity index is 401. The zero-order valence-electron chi connectivity index (χ0n) is 29.4. The largest absolute Gasteiger partial charge is 0.555 e. The summed E-state index contributed by atoms with van der Waals surface area (Å²) in [5, 5.41) is 69.3. The zero-order valence-corrected chi connectivity index (χ0v) is 67.8. The number of aliphatic hydroxyl groups is 8. The van der Waals surface area contributed by atoms with Crippen molar-refractivity contribution in [2.24, 2.45) is 10.8 Å². The molecule has 0 amide bonds. The van der Waals surface area contributed by atoms with Crippen LogP contribution in [-0.4, -0.2) is 132 Å². The van der Waals surface area contributed by atoms with Crippen LogP contribution in [-0.2, 0) is 28.4 Å². The minimum absolute atomic E-state index is 0. The second kappa shape index (κ2) is 50.1. The van der Waals surface area contributed by atoms with E-state index in [-0.39, 0.29) is 63.7 Å². The molecule has 0 spiro atoms. The Morgan fingerprint density at radius 3 is 0.708 bits per heavy atom. The van der Waals surface area contributed by atoms with E-state index in [9.17, 15) is 0 Å². The van der Waals surface area contributed by atoms with E-state index in [1.165, 1.54) is 0 Å². The zero-order chi connectivity index (χ0) is 33.1. The molecule has 0 rings (SSSR count). The third kappa shape index (κ3) is 41.6. The van der Waals surface area contributed by atoms with E-state index >= 15 is 0 Å². The molecule has 0 aliphatic rings. The van der Waals surface area contributed by atoms with E-state index < -0.39 is 12.2 Å². The van der Waals surface area contributed by atoms with Crippen molar-refractivity contribution in [2.75, 3.05) is 79.3 Å². The van der Waals surface area contributed by atoms with E-state index in [1.807, 2.05) is 0 Å². The van der Waals surface area contributed by atoms with Gasteiger partial charge in [-0.25, -0.2) is 42.7 Å². The average Bonchev–Trinajstić information content (AvgIpc) is 2.92. The van der Waals surface area contributed by atoms with Crippen molar-refractivity contribution in [3.63, 3.8) is 0 Å². The summed E-state index contributed by atoms with van der Waals surface area (Å²) in [6.45, 7) is 1.91. The van der Waals surface area contributed by atoms with Gasteiger partial charge in [0, 0.05) is 90.1 Å². The summed E-state index contributed by atoms with van der Waals surface area (Å²) in [5.41, 5.74) is -0.736. The van der Waals surface area contributed by atoms with Crippen LogP contribution in [0.25, 0.3) is 0 Å². The Balaban J connectivity index is -0.0000000492. The predicted molar refractivity (Wildman–Crippen MR) is 155 cm³/mol. The molecule has 0 saturated carbocycles. The molecule has 48 heavy (non-hydrogen) atoms. The van der Waals surface area contributed by atoms with Gasteiger partial charge in [-0.15, -0.1) is 0 Å². The van der Waals surface area contributed by atoms with Crippen LogP contribution in [0.4, 0.5) is 0 Å². The summed E-state index contributed by atoms with van der Waals surface area (Å²) in [5.74, 6) is 0. The van der Waals surface area contributed by atoms with Gasteiger partial charge in [-0.3, -0.25) is 0 Å². The van der Waals surface area contributed by atoms with Gasteiger partial charge in [0.05, 0.1) is 12.2 Å². The predicted octanol–water partition coefficient (Wildman–Crippen LogP) is -0.216. The van der Waals surface area contributed by atoms with Crippen molar-refractivity contribution in [1.29, 1.82) is 0 Å². The third-order valence-electron chi connectivity index (χ3n) is 5.75. The van der Waals surface area contributed by atoms with Gasteiger partial charge in [-0.2, -0.15) is 0 Å². The molecule has 0 aromatic rings. The first kappa shape index (κ1) is 68.6. The van der Waals surface area contributed by atoms with Crippen LogP contribution in [0.5, 0.6) is 0 Å². The fraction of sp³-hybridized carbons (Fsp3) is 0.786. The Hall–Kier alpha value is -6.56. The SMILES string of the molecule is [CH2-]OCC(CCO)(CCO)CO[CH2-].[CH2-]OCC(CCO)(CCO)CO[CH2-].[CH2-]OCC(O)CCO.[CH2-]OCC(O)CCO.[Rf].[Rf].[Rf].[Rf].[Rf].[Rf]. The van der Waals surface area contributed by atoms with Crippen LogP contribution in [0, 0.1) is 53.5 Å². The molecule has 0 fully saturated rings. The van der Waals surface area contributed by atoms with Crippen LogP contribution in [0.1, 0.15) is 38.5 Å². The van der Waals surface area contributed by atoms with Crippen molar-refractivity contribution < 1.29 is 69.3 Å². The van der Waals surface area contributed by atoms with E-state index in [1.54, 1.807) is 0 Å². The second-order valence-electron chi connectivity index (χ2n) is 9.36. The monoisotopic (exact) mass is 2220 g/mol. The first-order chi connectivity index (χ1) is 20.1. The van der Waals surface area contributed by atoms with Gasteiger partial charge in [0.25, 0.3) is 0 Å². The van der Waals surface area contributed by atoms with Gasteiger partial charge in [-0.05, 0) is 38.5 Å². The number of ether oxygens (including phenoxy) is 6. The van der Waals surface area contributed by atoms with Gasteiger partial charge in [0.2, 0.25) is 0 Å². The molecule has 2 unspecified atom stereocenters. The summed E-state index contributed by atoms with van der Waals surface area (Å²) in [6, 6.07) is 0. The fourth-order valence-corrected chi connectivity index (χ4v) is 3.46. The van der Waals surface area contributed by atoms with Gasteiger partial charge in [0.1, 0.15) is 0 Å². The molecule has 0 heterocycles. The van der Waals surface area contributed by atoms with Crippen molar-refractivity contribution >= 4 is 0 Å². The second-order valence-corrected chi connectivity index (χ2v) is 9.36. The molecule has 0 aliphatic carbocycles. The molecule has 272 valence electrons. The quantitative estimate of drug-likeness (QED) is 0.0588. The van der Waals surface area contributed by atoms with Gasteiger partial charge < -0.3 is 69.3 Å². The molecule has 0 aliphatic heterocycles. The van der Waals surface area contributed by atoms with Crippen LogP contribution in [0.2, 0.25) is 0 Å². The van der Waals surface area contributed by atoms with Gasteiger partial charge in [-0.1, -0.05) is 0 Å². The topological polar surface area (TPSA) is 217 Å². The molecule has 0 radical (unpaired) electrons. The molecular formula is C28H58O14Rf6-6. The number of hydrogen-bond donors (Lipinski definition) is 8. The smallest absolute Gasteiger partial charge is 0.0765 e. The Kier molecular flexibility index (Phi) is 71.5. The van der Waals surface area contributed by atoms with E-state index in [4.69, 9.17) is 59.8 Å². The maximum absolute atomic E-state index is 8.85. The van der Waals surface area contributed by atoms with Crippen LogP contribution >= 0.6 is 0 Å². The summed E-state index contributed by atoms with van der Waals surface area (Å²) < 4.78 is 27.8. The maximum Gasteiger partial charge on any atom is 0.0765 e. The van der Waals surface area contributed by atoms with E-state index in [2.05, 4.69) is 52.1 Å². The molecule has 14 nitrogen and oxygen atoms in total.